The summed E-state index contributed by atoms with van der Waals surface area (Å²) in [6.07, 6.45) is 4.86. The second kappa shape index (κ2) is 5.29. The molecule has 2 unspecified atom stereocenters. The molecule has 0 aliphatic carbocycles. The normalized spacial score (nSPS) is 23.9. The van der Waals surface area contributed by atoms with Crippen molar-refractivity contribution in [2.24, 2.45) is 5.92 Å². The van der Waals surface area contributed by atoms with Gasteiger partial charge in [0.05, 0.1) is 0 Å². The predicted molar refractivity (Wildman–Crippen MR) is 84.8 cm³/mol. The second-order valence-corrected chi connectivity index (χ2v) is 5.90. The number of nitrogen functional groups attached to an aromatic ring is 1. The Morgan fingerprint density at radius 3 is 2.95 bits per heavy atom. The monoisotopic (exact) mass is 270 g/mol. The van der Waals surface area contributed by atoms with Crippen molar-refractivity contribution in [1.29, 1.82) is 0 Å². The maximum Gasteiger partial charge on any atom is 0.0439 e. The average molecular weight is 270 g/mol. The topological polar surface area (TPSA) is 54.2 Å². The molecule has 2 heterocycles. The quantitative estimate of drug-likeness (QED) is 0.824. The minimum atomic E-state index is 0.512. The molecular formula is C16H22N4. The van der Waals surface area contributed by atoms with Crippen molar-refractivity contribution in [3.63, 3.8) is 0 Å². The molecule has 4 heteroatoms. The first-order valence-electron chi connectivity index (χ1n) is 7.22. The molecule has 0 radical (unpaired) electrons. The van der Waals surface area contributed by atoms with Gasteiger partial charge >= 0.3 is 0 Å². The predicted octanol–water partition coefficient (Wildman–Crippen LogP) is 2.57. The lowest BCUT2D eigenvalue weighted by Gasteiger charge is -2.36. The molecule has 0 bridgehead atoms. The summed E-state index contributed by atoms with van der Waals surface area (Å²) in [7, 11) is 2.19. The molecule has 0 amide bonds. The first-order valence-corrected chi connectivity index (χ1v) is 7.22. The van der Waals surface area contributed by atoms with E-state index in [1.807, 2.05) is 18.3 Å². The van der Waals surface area contributed by atoms with Gasteiger partial charge < -0.3 is 16.0 Å². The Morgan fingerprint density at radius 2 is 2.15 bits per heavy atom. The number of hydrogen-bond donors (Lipinski definition) is 2. The maximum absolute atomic E-state index is 6.04. The molecule has 106 valence electrons. The Labute approximate surface area is 120 Å². The molecule has 20 heavy (non-hydrogen) atoms. The Bertz CT molecular complexity index is 610. The second-order valence-electron chi connectivity index (χ2n) is 5.90. The van der Waals surface area contributed by atoms with Gasteiger partial charge in [0.15, 0.2) is 0 Å². The van der Waals surface area contributed by atoms with Crippen LogP contribution in [-0.2, 0) is 0 Å². The Hall–Kier alpha value is -1.81. The van der Waals surface area contributed by atoms with Crippen LogP contribution in [0.15, 0.2) is 30.6 Å². The molecule has 0 spiro atoms. The van der Waals surface area contributed by atoms with Crippen molar-refractivity contribution in [2.75, 3.05) is 31.2 Å². The van der Waals surface area contributed by atoms with Gasteiger partial charge in [0.1, 0.15) is 0 Å². The van der Waals surface area contributed by atoms with Gasteiger partial charge in [-0.15, -0.1) is 0 Å². The fourth-order valence-corrected chi connectivity index (χ4v) is 3.11. The smallest absolute Gasteiger partial charge is 0.0439 e. The van der Waals surface area contributed by atoms with E-state index in [2.05, 4.69) is 35.2 Å². The number of piperidine rings is 1. The van der Waals surface area contributed by atoms with E-state index in [1.165, 1.54) is 6.42 Å². The van der Waals surface area contributed by atoms with Crippen molar-refractivity contribution in [1.82, 2.24) is 9.88 Å². The highest BCUT2D eigenvalue weighted by Gasteiger charge is 2.24. The van der Waals surface area contributed by atoms with Crippen molar-refractivity contribution >= 4 is 22.1 Å². The maximum atomic E-state index is 6.04. The molecule has 1 saturated heterocycles. The number of anilines is 2. The van der Waals surface area contributed by atoms with E-state index in [-0.39, 0.29) is 0 Å². The molecule has 1 aliphatic heterocycles. The van der Waals surface area contributed by atoms with Crippen molar-refractivity contribution < 1.29 is 0 Å². The number of likely N-dealkylation sites (tertiary alicyclic amines) is 1. The minimum Gasteiger partial charge on any atom is -0.398 e. The van der Waals surface area contributed by atoms with Crippen LogP contribution in [-0.4, -0.2) is 36.1 Å². The van der Waals surface area contributed by atoms with Gasteiger partial charge in [-0.3, -0.25) is 4.98 Å². The van der Waals surface area contributed by atoms with Crippen LogP contribution >= 0.6 is 0 Å². The molecule has 2 atom stereocenters. The summed E-state index contributed by atoms with van der Waals surface area (Å²) >= 11 is 0. The number of nitrogens with one attached hydrogen (secondary N) is 1. The fraction of sp³-hybridized carbons (Fsp3) is 0.438. The lowest BCUT2D eigenvalue weighted by atomic mass is 9.93. The lowest BCUT2D eigenvalue weighted by Crippen LogP contribution is -2.43. The van der Waals surface area contributed by atoms with Crippen LogP contribution in [0.2, 0.25) is 0 Å². The van der Waals surface area contributed by atoms with Gasteiger partial charge in [0.25, 0.3) is 0 Å². The van der Waals surface area contributed by atoms with Gasteiger partial charge in [-0.1, -0.05) is 6.92 Å². The Kier molecular flexibility index (Phi) is 3.49. The summed E-state index contributed by atoms with van der Waals surface area (Å²) in [6, 6.07) is 6.54. The molecule has 1 aliphatic rings. The SMILES string of the molecule is CC1CN(C)CCC1Nc1ccc(N)c2ccncc12. The third-order valence-electron chi connectivity index (χ3n) is 4.30. The highest BCUT2D eigenvalue weighted by atomic mass is 15.1. The van der Waals surface area contributed by atoms with Gasteiger partial charge in [-0.25, -0.2) is 0 Å². The third kappa shape index (κ3) is 2.43. The van der Waals surface area contributed by atoms with Crippen molar-refractivity contribution in [3.8, 4) is 0 Å². The fourth-order valence-electron chi connectivity index (χ4n) is 3.11. The summed E-state index contributed by atoms with van der Waals surface area (Å²) in [5.41, 5.74) is 7.99. The number of nitrogens with two attached hydrogens (primary N) is 1. The summed E-state index contributed by atoms with van der Waals surface area (Å²) in [6.45, 7) is 4.60. The molecule has 2 aromatic rings. The van der Waals surface area contributed by atoms with E-state index in [0.29, 0.717) is 12.0 Å². The van der Waals surface area contributed by atoms with Crippen molar-refractivity contribution in [3.05, 3.63) is 30.6 Å². The largest absolute Gasteiger partial charge is 0.398 e. The van der Waals surface area contributed by atoms with Crippen LogP contribution < -0.4 is 11.1 Å². The molecule has 1 fully saturated rings. The van der Waals surface area contributed by atoms with Gasteiger partial charge in [-0.05, 0) is 44.1 Å². The molecule has 3 rings (SSSR count). The van der Waals surface area contributed by atoms with E-state index in [4.69, 9.17) is 5.73 Å². The van der Waals surface area contributed by atoms with Crippen LogP contribution in [0.5, 0.6) is 0 Å². The lowest BCUT2D eigenvalue weighted by molar-refractivity contribution is 0.206. The molecular weight excluding hydrogens is 248 g/mol. The van der Waals surface area contributed by atoms with Crippen LogP contribution in [0.25, 0.3) is 10.8 Å². The van der Waals surface area contributed by atoms with E-state index in [1.54, 1.807) is 6.20 Å². The van der Waals surface area contributed by atoms with Crippen molar-refractivity contribution in [2.45, 2.75) is 19.4 Å². The first kappa shape index (κ1) is 13.2. The molecule has 3 N–H and O–H groups in total. The summed E-state index contributed by atoms with van der Waals surface area (Å²) in [5, 5.41) is 5.88. The molecule has 0 saturated carbocycles. The Morgan fingerprint density at radius 1 is 1.30 bits per heavy atom. The van der Waals surface area contributed by atoms with Gasteiger partial charge in [-0.2, -0.15) is 0 Å². The average Bonchev–Trinajstić information content (AvgIpc) is 2.45. The number of aromatic nitrogens is 1. The zero-order valence-electron chi connectivity index (χ0n) is 12.1. The number of pyridine rings is 1. The van der Waals surface area contributed by atoms with Gasteiger partial charge in [0.2, 0.25) is 0 Å². The van der Waals surface area contributed by atoms with E-state index < -0.39 is 0 Å². The third-order valence-corrected chi connectivity index (χ3v) is 4.30. The van der Waals surface area contributed by atoms with E-state index >= 15 is 0 Å². The minimum absolute atomic E-state index is 0.512. The van der Waals surface area contributed by atoms with Gasteiger partial charge in [0, 0.05) is 47.1 Å². The van der Waals surface area contributed by atoms with Crippen LogP contribution in [0.1, 0.15) is 13.3 Å². The standard InChI is InChI=1S/C16H22N4/c1-11-10-20(2)8-6-15(11)19-16-4-3-14(17)12-5-7-18-9-13(12)16/h3-5,7,9,11,15,19H,6,8,10,17H2,1-2H3. The number of fused-ring (bicyclic) bond motifs is 1. The number of hydrogen-bond acceptors (Lipinski definition) is 4. The molecule has 4 nitrogen and oxygen atoms in total. The van der Waals surface area contributed by atoms with E-state index in [0.717, 1.165) is 35.2 Å². The highest BCUT2D eigenvalue weighted by Crippen LogP contribution is 2.29. The Balaban J connectivity index is 1.90. The number of rotatable bonds is 2. The summed E-state index contributed by atoms with van der Waals surface area (Å²) < 4.78 is 0. The number of benzene rings is 1. The van der Waals surface area contributed by atoms with E-state index in [9.17, 15) is 0 Å². The first-order chi connectivity index (χ1) is 9.65. The van der Waals surface area contributed by atoms with Crippen LogP contribution in [0.4, 0.5) is 11.4 Å². The van der Waals surface area contributed by atoms with Crippen LogP contribution in [0.3, 0.4) is 0 Å². The molecule has 1 aromatic heterocycles. The highest BCUT2D eigenvalue weighted by molar-refractivity contribution is 6.00. The number of nitrogens with zero attached hydrogens (tertiary/aromatic N) is 2. The zero-order valence-corrected chi connectivity index (χ0v) is 12.1. The van der Waals surface area contributed by atoms with Crippen LogP contribution in [0, 0.1) is 5.92 Å². The molecule has 1 aromatic carbocycles. The summed E-state index contributed by atoms with van der Waals surface area (Å²) in [4.78, 5) is 6.63. The summed E-state index contributed by atoms with van der Waals surface area (Å²) in [5.74, 6) is 0.637. The zero-order chi connectivity index (χ0) is 14.1.